The van der Waals surface area contributed by atoms with E-state index in [0.29, 0.717) is 40.8 Å². The van der Waals surface area contributed by atoms with Gasteiger partial charge in [0.05, 0.1) is 11.3 Å². The molecule has 0 radical (unpaired) electrons. The number of nitrogen functional groups attached to an aromatic ring is 1. The summed E-state index contributed by atoms with van der Waals surface area (Å²) in [7, 11) is 2.10. The lowest BCUT2D eigenvalue weighted by atomic mass is 10.1. The van der Waals surface area contributed by atoms with Gasteiger partial charge in [0, 0.05) is 22.6 Å². The Hall–Kier alpha value is -3.26. The number of amides is 1. The number of fused-ring (bicyclic) bond motifs is 1. The third-order valence-electron chi connectivity index (χ3n) is 6.28. The Morgan fingerprint density at radius 2 is 2.03 bits per heavy atom. The molecule has 8 heteroatoms. The highest BCUT2D eigenvalue weighted by molar-refractivity contribution is 6.11. The molecule has 5 N–H and O–H groups in total. The van der Waals surface area contributed by atoms with Crippen LogP contribution in [0.4, 0.5) is 5.82 Å². The lowest BCUT2D eigenvalue weighted by molar-refractivity contribution is 0.100. The van der Waals surface area contributed by atoms with Gasteiger partial charge in [0.2, 0.25) is 5.88 Å². The summed E-state index contributed by atoms with van der Waals surface area (Å²) in [6.45, 7) is 7.21. The molecule has 2 aromatic heterocycles. The fourth-order valence-corrected chi connectivity index (χ4v) is 4.47. The summed E-state index contributed by atoms with van der Waals surface area (Å²) in [4.78, 5) is 19.3. The number of likely N-dealkylation sites (N-methyl/N-ethyl adjacent to an activating group) is 1. The van der Waals surface area contributed by atoms with Gasteiger partial charge in [0.25, 0.3) is 5.91 Å². The molecule has 1 saturated heterocycles. The zero-order chi connectivity index (χ0) is 22.4. The van der Waals surface area contributed by atoms with Crippen molar-refractivity contribution in [3.05, 3.63) is 40.5 Å². The second-order valence-electron chi connectivity index (χ2n) is 8.40. The van der Waals surface area contributed by atoms with Crippen LogP contribution < -0.4 is 16.2 Å². The molecular formula is C23H29N5O3. The number of aromatic nitrogens is 2. The van der Waals surface area contributed by atoms with Crippen molar-refractivity contribution in [1.82, 2.24) is 14.5 Å². The Morgan fingerprint density at radius 1 is 1.29 bits per heavy atom. The molecule has 3 heterocycles. The quantitative estimate of drug-likeness (QED) is 0.580. The normalized spacial score (nSPS) is 16.8. The van der Waals surface area contributed by atoms with Crippen molar-refractivity contribution in [2.45, 2.75) is 39.7 Å². The Kier molecular flexibility index (Phi) is 5.26. The molecule has 1 fully saturated rings. The van der Waals surface area contributed by atoms with Crippen molar-refractivity contribution < 1.29 is 14.6 Å². The van der Waals surface area contributed by atoms with Gasteiger partial charge < -0.3 is 26.2 Å². The van der Waals surface area contributed by atoms with E-state index in [2.05, 4.69) is 11.9 Å². The first-order valence-corrected chi connectivity index (χ1v) is 10.4. The van der Waals surface area contributed by atoms with Gasteiger partial charge in [-0.3, -0.25) is 9.36 Å². The number of nitrogens with two attached hydrogens (primary N) is 2. The van der Waals surface area contributed by atoms with E-state index in [4.69, 9.17) is 21.2 Å². The highest BCUT2D eigenvalue weighted by Crippen LogP contribution is 2.37. The van der Waals surface area contributed by atoms with Crippen molar-refractivity contribution in [3.8, 4) is 17.3 Å². The number of likely N-dealkylation sites (tertiary alicyclic amines) is 1. The Labute approximate surface area is 181 Å². The molecule has 164 valence electrons. The van der Waals surface area contributed by atoms with Gasteiger partial charge >= 0.3 is 0 Å². The van der Waals surface area contributed by atoms with Gasteiger partial charge in [-0.05, 0) is 64.9 Å². The molecule has 1 amide bonds. The van der Waals surface area contributed by atoms with Gasteiger partial charge in [-0.1, -0.05) is 6.07 Å². The monoisotopic (exact) mass is 423 g/mol. The number of nitrogens with zero attached hydrogens (tertiary/aromatic N) is 3. The largest absolute Gasteiger partial charge is 0.508 e. The third kappa shape index (κ3) is 3.46. The maximum Gasteiger partial charge on any atom is 0.253 e. The van der Waals surface area contributed by atoms with E-state index >= 15 is 0 Å². The van der Waals surface area contributed by atoms with Crippen LogP contribution in [0.3, 0.4) is 0 Å². The number of aryl methyl sites for hydroxylation is 2. The predicted octanol–water partition coefficient (Wildman–Crippen LogP) is 2.81. The lowest BCUT2D eigenvalue weighted by Crippen LogP contribution is -2.30. The average molecular weight is 424 g/mol. The Morgan fingerprint density at radius 3 is 2.68 bits per heavy atom. The minimum absolute atomic E-state index is 0.135. The fourth-order valence-electron chi connectivity index (χ4n) is 4.47. The second-order valence-corrected chi connectivity index (χ2v) is 8.40. The Balaban J connectivity index is 1.90. The summed E-state index contributed by atoms with van der Waals surface area (Å²) in [5.41, 5.74) is 15.8. The number of carbonyl (C=O) groups excluding carboxylic acids is 1. The highest BCUT2D eigenvalue weighted by Gasteiger charge is 2.26. The smallest absolute Gasteiger partial charge is 0.253 e. The van der Waals surface area contributed by atoms with Crippen LogP contribution in [0.5, 0.6) is 11.6 Å². The fraction of sp³-hybridized carbons (Fsp3) is 0.391. The van der Waals surface area contributed by atoms with Crippen molar-refractivity contribution in [2.24, 2.45) is 5.73 Å². The number of pyridine rings is 1. The lowest BCUT2D eigenvalue weighted by Gasteiger charge is -2.20. The number of hydrogen-bond acceptors (Lipinski definition) is 6. The molecule has 0 aliphatic carbocycles. The molecule has 1 atom stereocenters. The van der Waals surface area contributed by atoms with Crippen molar-refractivity contribution in [2.75, 3.05) is 25.9 Å². The van der Waals surface area contributed by atoms with Gasteiger partial charge in [-0.25, -0.2) is 0 Å². The maximum atomic E-state index is 12.3. The summed E-state index contributed by atoms with van der Waals surface area (Å²) in [5, 5.41) is 10.9. The number of carbonyl (C=O) groups is 1. The molecular weight excluding hydrogens is 394 g/mol. The number of benzene rings is 1. The number of aromatic hydroxyl groups is 1. The van der Waals surface area contributed by atoms with Gasteiger partial charge in [-0.2, -0.15) is 4.98 Å². The summed E-state index contributed by atoms with van der Waals surface area (Å²) in [5.74, 6) is 0.200. The van der Waals surface area contributed by atoms with Crippen LogP contribution in [0.2, 0.25) is 0 Å². The zero-order valence-corrected chi connectivity index (χ0v) is 18.4. The molecule has 8 nitrogen and oxygen atoms in total. The van der Waals surface area contributed by atoms with E-state index in [0.717, 1.165) is 30.5 Å². The number of phenols is 1. The van der Waals surface area contributed by atoms with E-state index in [1.54, 1.807) is 23.6 Å². The third-order valence-corrected chi connectivity index (χ3v) is 6.28. The van der Waals surface area contributed by atoms with Crippen LogP contribution in [0, 0.1) is 20.8 Å². The van der Waals surface area contributed by atoms with Gasteiger partial charge in [0.15, 0.2) is 5.65 Å². The number of phenolic OH excluding ortho intramolecular Hbond substituents is 1. The molecule has 31 heavy (non-hydrogen) atoms. The average Bonchev–Trinajstić information content (AvgIpc) is 3.24. The minimum atomic E-state index is -0.626. The summed E-state index contributed by atoms with van der Waals surface area (Å²) >= 11 is 0. The zero-order valence-electron chi connectivity index (χ0n) is 18.4. The van der Waals surface area contributed by atoms with E-state index < -0.39 is 5.91 Å². The van der Waals surface area contributed by atoms with Crippen LogP contribution in [0.1, 0.15) is 39.9 Å². The highest BCUT2D eigenvalue weighted by atomic mass is 16.5. The molecule has 1 aromatic carbocycles. The van der Waals surface area contributed by atoms with E-state index in [1.165, 1.54) is 0 Å². The minimum Gasteiger partial charge on any atom is -0.508 e. The molecule has 0 saturated carbocycles. The van der Waals surface area contributed by atoms with Gasteiger partial charge in [0.1, 0.15) is 18.2 Å². The molecule has 0 spiro atoms. The number of primary amides is 1. The van der Waals surface area contributed by atoms with Crippen LogP contribution in [-0.2, 0) is 0 Å². The van der Waals surface area contributed by atoms with Crippen LogP contribution in [-0.4, -0.2) is 51.7 Å². The van der Waals surface area contributed by atoms with Crippen molar-refractivity contribution in [3.63, 3.8) is 0 Å². The SMILES string of the molecule is Cc1cc2c(C(N)=O)c(N)n(-c3c(C)ccc(O)c3C)c2nc1OC[C@@H]1CCCN1C. The van der Waals surface area contributed by atoms with Gasteiger partial charge in [-0.15, -0.1) is 0 Å². The molecule has 1 aliphatic rings. The first-order chi connectivity index (χ1) is 14.7. The standard InChI is InChI=1S/C23H29N5O3/c1-12-7-8-17(29)14(3)19(12)28-20(24)18(21(25)30)16-10-13(2)23(26-22(16)28)31-11-15-6-5-9-27(15)4/h7-8,10,15,29H,5-6,9,11,24H2,1-4H3,(H2,25,30)/t15-/m0/s1. The number of rotatable bonds is 5. The maximum absolute atomic E-state index is 12.3. The number of ether oxygens (including phenoxy) is 1. The Bertz CT molecular complexity index is 1180. The summed E-state index contributed by atoms with van der Waals surface area (Å²) in [6, 6.07) is 5.63. The summed E-state index contributed by atoms with van der Waals surface area (Å²) < 4.78 is 7.80. The number of anilines is 1. The van der Waals surface area contributed by atoms with Crippen molar-refractivity contribution >= 4 is 22.8 Å². The van der Waals surface area contributed by atoms with E-state index in [-0.39, 0.29) is 17.1 Å². The molecule has 1 aliphatic heterocycles. The first-order valence-electron chi connectivity index (χ1n) is 10.4. The molecule has 4 rings (SSSR count). The predicted molar refractivity (Wildman–Crippen MR) is 121 cm³/mol. The molecule has 0 bridgehead atoms. The first kappa shape index (κ1) is 21.0. The van der Waals surface area contributed by atoms with E-state index in [1.807, 2.05) is 19.9 Å². The van der Waals surface area contributed by atoms with E-state index in [9.17, 15) is 9.90 Å². The molecule has 3 aromatic rings. The second kappa shape index (κ2) is 7.77. The topological polar surface area (TPSA) is 120 Å². The summed E-state index contributed by atoms with van der Waals surface area (Å²) in [6.07, 6.45) is 2.25. The van der Waals surface area contributed by atoms with Crippen LogP contribution in [0.15, 0.2) is 18.2 Å². The molecule has 0 unspecified atom stereocenters. The number of hydrogen-bond donors (Lipinski definition) is 3. The van der Waals surface area contributed by atoms with Crippen molar-refractivity contribution in [1.29, 1.82) is 0 Å². The van der Waals surface area contributed by atoms with Crippen LogP contribution in [0.25, 0.3) is 16.7 Å². The van der Waals surface area contributed by atoms with Crippen LogP contribution >= 0.6 is 0 Å².